The predicted octanol–water partition coefficient (Wildman–Crippen LogP) is 3.08. The number of hydrogen-bond donors (Lipinski definition) is 1. The van der Waals surface area contributed by atoms with Crippen LogP contribution >= 0.6 is 0 Å². The van der Waals surface area contributed by atoms with Gasteiger partial charge in [0.15, 0.2) is 5.82 Å². The van der Waals surface area contributed by atoms with Crippen LogP contribution in [0, 0.1) is 0 Å². The van der Waals surface area contributed by atoms with E-state index in [9.17, 15) is 0 Å². The zero-order chi connectivity index (χ0) is 14.2. The first-order valence-electron chi connectivity index (χ1n) is 6.86. The van der Waals surface area contributed by atoms with Gasteiger partial charge in [-0.2, -0.15) is 10.1 Å². The lowest BCUT2D eigenvalue weighted by Gasteiger charge is -2.21. The zero-order valence-corrected chi connectivity index (χ0v) is 11.5. The number of furan rings is 2. The number of anilines is 1. The molecule has 3 aromatic heterocycles. The number of aryl methyl sites for hydroxylation is 1. The SMILES string of the molecule is CCc1nc2n(n1)[C@H](c1ccco1)C=C(c1ccco1)N2. The first kappa shape index (κ1) is 12.0. The van der Waals surface area contributed by atoms with Crippen LogP contribution in [0.15, 0.2) is 51.7 Å². The van der Waals surface area contributed by atoms with Crippen LogP contribution in [0.2, 0.25) is 0 Å². The Morgan fingerprint density at radius 1 is 1.24 bits per heavy atom. The second kappa shape index (κ2) is 4.66. The van der Waals surface area contributed by atoms with E-state index in [4.69, 9.17) is 8.83 Å². The third kappa shape index (κ3) is 1.96. The summed E-state index contributed by atoms with van der Waals surface area (Å²) in [5.74, 6) is 3.07. The van der Waals surface area contributed by atoms with Crippen molar-refractivity contribution in [2.24, 2.45) is 0 Å². The minimum atomic E-state index is -0.135. The number of fused-ring (bicyclic) bond motifs is 1. The van der Waals surface area contributed by atoms with Crippen molar-refractivity contribution in [1.82, 2.24) is 14.8 Å². The van der Waals surface area contributed by atoms with Gasteiger partial charge >= 0.3 is 0 Å². The average molecular weight is 282 g/mol. The lowest BCUT2D eigenvalue weighted by atomic mass is 10.1. The van der Waals surface area contributed by atoms with Gasteiger partial charge in [0.2, 0.25) is 5.95 Å². The molecule has 3 aromatic rings. The Bertz CT molecular complexity index is 769. The molecule has 0 radical (unpaired) electrons. The Morgan fingerprint density at radius 3 is 2.81 bits per heavy atom. The Kier molecular flexibility index (Phi) is 2.67. The van der Waals surface area contributed by atoms with Crippen molar-refractivity contribution in [2.75, 3.05) is 5.32 Å². The van der Waals surface area contributed by atoms with Crippen LogP contribution < -0.4 is 5.32 Å². The molecule has 0 saturated carbocycles. The van der Waals surface area contributed by atoms with Crippen LogP contribution in [0.4, 0.5) is 5.95 Å². The largest absolute Gasteiger partial charge is 0.467 e. The topological polar surface area (TPSA) is 69.0 Å². The standard InChI is InChI=1S/C15H14N4O2/c1-2-14-17-15-16-10(12-5-3-7-20-12)9-11(19(15)18-14)13-6-4-8-21-13/h3-9,11H,2H2,1H3,(H,16,17,18)/t11-/m0/s1. The van der Waals surface area contributed by atoms with E-state index in [0.29, 0.717) is 5.95 Å². The van der Waals surface area contributed by atoms with E-state index in [1.807, 2.05) is 41.9 Å². The molecule has 0 fully saturated rings. The van der Waals surface area contributed by atoms with Crippen molar-refractivity contribution >= 4 is 11.6 Å². The van der Waals surface area contributed by atoms with Crippen LogP contribution in [0.1, 0.15) is 30.3 Å². The molecule has 6 heteroatoms. The smallest absolute Gasteiger partial charge is 0.227 e. The molecule has 1 aliphatic heterocycles. The Morgan fingerprint density at radius 2 is 2.10 bits per heavy atom. The van der Waals surface area contributed by atoms with Crippen molar-refractivity contribution in [3.8, 4) is 0 Å². The molecule has 0 saturated heterocycles. The van der Waals surface area contributed by atoms with Crippen molar-refractivity contribution in [3.05, 3.63) is 60.2 Å². The first-order valence-corrected chi connectivity index (χ1v) is 6.86. The number of allylic oxidation sites excluding steroid dienone is 1. The molecule has 6 nitrogen and oxygen atoms in total. The number of nitrogens with zero attached hydrogens (tertiary/aromatic N) is 3. The van der Waals surface area contributed by atoms with E-state index in [1.54, 1.807) is 12.5 Å². The van der Waals surface area contributed by atoms with Crippen LogP contribution in [0.25, 0.3) is 5.70 Å². The molecule has 0 spiro atoms. The summed E-state index contributed by atoms with van der Waals surface area (Å²) in [7, 11) is 0. The number of aromatic nitrogens is 3. The summed E-state index contributed by atoms with van der Waals surface area (Å²) >= 11 is 0. The van der Waals surface area contributed by atoms with Crippen LogP contribution in [0.3, 0.4) is 0 Å². The molecule has 4 heterocycles. The van der Waals surface area contributed by atoms with E-state index in [0.717, 1.165) is 29.5 Å². The molecule has 21 heavy (non-hydrogen) atoms. The fourth-order valence-corrected chi connectivity index (χ4v) is 2.42. The average Bonchev–Trinajstić information content (AvgIpc) is 3.24. The van der Waals surface area contributed by atoms with Crippen LogP contribution in [0.5, 0.6) is 0 Å². The monoisotopic (exact) mass is 282 g/mol. The minimum absolute atomic E-state index is 0.135. The summed E-state index contributed by atoms with van der Waals surface area (Å²) < 4.78 is 12.9. The summed E-state index contributed by atoms with van der Waals surface area (Å²) in [6.07, 6.45) is 6.12. The molecular formula is C15H14N4O2. The molecule has 0 bridgehead atoms. The van der Waals surface area contributed by atoms with Gasteiger partial charge < -0.3 is 14.2 Å². The minimum Gasteiger partial charge on any atom is -0.467 e. The Balaban J connectivity index is 1.83. The van der Waals surface area contributed by atoms with Crippen LogP contribution in [-0.2, 0) is 6.42 Å². The maximum absolute atomic E-state index is 5.55. The lowest BCUT2D eigenvalue weighted by molar-refractivity contribution is 0.446. The third-order valence-electron chi connectivity index (χ3n) is 3.45. The number of nitrogens with one attached hydrogen (secondary N) is 1. The van der Waals surface area contributed by atoms with Gasteiger partial charge in [-0.15, -0.1) is 0 Å². The van der Waals surface area contributed by atoms with Gasteiger partial charge in [0.25, 0.3) is 0 Å². The fraction of sp³-hybridized carbons (Fsp3) is 0.200. The molecule has 0 amide bonds. The van der Waals surface area contributed by atoms with E-state index >= 15 is 0 Å². The number of rotatable bonds is 3. The van der Waals surface area contributed by atoms with E-state index in [2.05, 4.69) is 15.4 Å². The molecule has 0 aliphatic carbocycles. The summed E-state index contributed by atoms with van der Waals surface area (Å²) in [4.78, 5) is 4.51. The van der Waals surface area contributed by atoms with Gasteiger partial charge in [-0.05, 0) is 30.3 Å². The van der Waals surface area contributed by atoms with Gasteiger partial charge in [-0.25, -0.2) is 4.68 Å². The van der Waals surface area contributed by atoms with Crippen LogP contribution in [-0.4, -0.2) is 14.8 Å². The molecule has 4 rings (SSSR count). The van der Waals surface area contributed by atoms with Crippen molar-refractivity contribution in [1.29, 1.82) is 0 Å². The summed E-state index contributed by atoms with van der Waals surface area (Å²) in [5, 5.41) is 7.79. The summed E-state index contributed by atoms with van der Waals surface area (Å²) in [6.45, 7) is 2.03. The highest BCUT2D eigenvalue weighted by molar-refractivity contribution is 5.74. The highest BCUT2D eigenvalue weighted by atomic mass is 16.3. The Labute approximate surface area is 121 Å². The van der Waals surface area contributed by atoms with E-state index < -0.39 is 0 Å². The fourth-order valence-electron chi connectivity index (χ4n) is 2.42. The zero-order valence-electron chi connectivity index (χ0n) is 11.5. The summed E-state index contributed by atoms with van der Waals surface area (Å²) in [6, 6.07) is 7.43. The molecule has 1 aliphatic rings. The maximum Gasteiger partial charge on any atom is 0.227 e. The molecule has 0 unspecified atom stereocenters. The second-order valence-electron chi connectivity index (χ2n) is 4.79. The van der Waals surface area contributed by atoms with Crippen molar-refractivity contribution in [2.45, 2.75) is 19.4 Å². The normalized spacial score (nSPS) is 17.2. The van der Waals surface area contributed by atoms with Gasteiger partial charge in [0.05, 0.1) is 18.2 Å². The quantitative estimate of drug-likeness (QED) is 0.799. The molecule has 1 N–H and O–H groups in total. The maximum atomic E-state index is 5.55. The first-order chi connectivity index (χ1) is 10.3. The van der Waals surface area contributed by atoms with Gasteiger partial charge in [-0.1, -0.05) is 6.92 Å². The van der Waals surface area contributed by atoms with Crippen molar-refractivity contribution < 1.29 is 8.83 Å². The van der Waals surface area contributed by atoms with E-state index in [1.165, 1.54) is 0 Å². The van der Waals surface area contributed by atoms with Gasteiger partial charge in [-0.3, -0.25) is 0 Å². The van der Waals surface area contributed by atoms with Gasteiger partial charge in [0, 0.05) is 6.42 Å². The van der Waals surface area contributed by atoms with Gasteiger partial charge in [0.1, 0.15) is 17.6 Å². The number of hydrogen-bond acceptors (Lipinski definition) is 5. The third-order valence-corrected chi connectivity index (χ3v) is 3.45. The lowest BCUT2D eigenvalue weighted by Crippen LogP contribution is -2.19. The predicted molar refractivity (Wildman–Crippen MR) is 76.6 cm³/mol. The highest BCUT2D eigenvalue weighted by Crippen LogP contribution is 2.32. The van der Waals surface area contributed by atoms with Crippen molar-refractivity contribution in [3.63, 3.8) is 0 Å². The second-order valence-corrected chi connectivity index (χ2v) is 4.79. The van der Waals surface area contributed by atoms with E-state index in [-0.39, 0.29) is 6.04 Å². The Hall–Kier alpha value is -2.76. The molecular weight excluding hydrogens is 268 g/mol. The molecule has 0 aromatic carbocycles. The summed E-state index contributed by atoms with van der Waals surface area (Å²) in [5.41, 5.74) is 0.865. The highest BCUT2D eigenvalue weighted by Gasteiger charge is 2.27. The molecule has 106 valence electrons. The molecule has 1 atom stereocenters.